The summed E-state index contributed by atoms with van der Waals surface area (Å²) in [4.78, 5) is 15.1. The molecule has 0 aliphatic rings. The number of ether oxygens (including phenoxy) is 1. The van der Waals surface area contributed by atoms with E-state index < -0.39 is 8.32 Å². The van der Waals surface area contributed by atoms with Gasteiger partial charge in [-0.3, -0.25) is 4.79 Å². The van der Waals surface area contributed by atoms with Crippen LogP contribution in [-0.4, -0.2) is 26.9 Å². The number of hydrogen-bond acceptors (Lipinski definition) is 4. The molecule has 1 unspecified atom stereocenters. The fraction of sp³-hybridized carbons (Fsp3) is 0.400. The van der Waals surface area contributed by atoms with Crippen LogP contribution in [0, 0.1) is 0 Å². The smallest absolute Gasteiger partial charge is 0.248 e. The molecule has 3 rings (SSSR count). The van der Waals surface area contributed by atoms with Crippen molar-refractivity contribution in [3.8, 4) is 5.75 Å². The van der Waals surface area contributed by atoms with Crippen molar-refractivity contribution in [1.29, 1.82) is 0 Å². The molecule has 0 spiro atoms. The average Bonchev–Trinajstić information content (AvgIpc) is 2.71. The lowest BCUT2D eigenvalue weighted by Gasteiger charge is -2.39. The first kappa shape index (κ1) is 23.3. The zero-order valence-electron chi connectivity index (χ0n) is 19.4. The third-order valence-corrected chi connectivity index (χ3v) is 10.6. The van der Waals surface area contributed by atoms with E-state index in [0.717, 1.165) is 16.5 Å². The number of benzene rings is 2. The molecular formula is C25H34N2O3Si. The van der Waals surface area contributed by atoms with E-state index in [1.807, 2.05) is 49.5 Å². The third-order valence-electron chi connectivity index (χ3n) is 6.11. The van der Waals surface area contributed by atoms with Crippen LogP contribution in [-0.2, 0) is 11.0 Å². The van der Waals surface area contributed by atoms with Crippen LogP contribution in [0.1, 0.15) is 38.0 Å². The Kier molecular flexibility index (Phi) is 7.04. The third kappa shape index (κ3) is 5.45. The second kappa shape index (κ2) is 9.38. The minimum Gasteiger partial charge on any atom is -0.487 e. The molecule has 0 amide bonds. The van der Waals surface area contributed by atoms with Crippen molar-refractivity contribution in [3.05, 3.63) is 76.1 Å². The van der Waals surface area contributed by atoms with Crippen LogP contribution in [0.25, 0.3) is 10.9 Å². The molecule has 2 aromatic carbocycles. The molecule has 0 saturated carbocycles. The maximum absolute atomic E-state index is 12.1. The normalized spacial score (nSPS) is 13.4. The number of H-pyrrole nitrogens is 1. The van der Waals surface area contributed by atoms with Crippen molar-refractivity contribution in [1.82, 2.24) is 10.3 Å². The molecule has 3 aromatic rings. The van der Waals surface area contributed by atoms with E-state index >= 15 is 0 Å². The molecule has 1 aromatic heterocycles. The second-order valence-corrected chi connectivity index (χ2v) is 14.2. The van der Waals surface area contributed by atoms with Gasteiger partial charge in [-0.25, -0.2) is 0 Å². The maximum atomic E-state index is 12.1. The number of likely N-dealkylation sites (N-methyl/N-ethyl adjacent to an activating group) is 1. The van der Waals surface area contributed by atoms with Gasteiger partial charge in [0.2, 0.25) is 5.56 Å². The molecule has 6 heteroatoms. The summed E-state index contributed by atoms with van der Waals surface area (Å²) in [6.45, 7) is 12.4. The van der Waals surface area contributed by atoms with Gasteiger partial charge in [-0.15, -0.1) is 0 Å². The van der Waals surface area contributed by atoms with Gasteiger partial charge in [0.05, 0.1) is 11.6 Å². The summed E-state index contributed by atoms with van der Waals surface area (Å²) in [5, 5.41) is 4.32. The summed E-state index contributed by atoms with van der Waals surface area (Å²) in [5.74, 6) is 0.663. The molecule has 0 aliphatic carbocycles. The highest BCUT2D eigenvalue weighted by Crippen LogP contribution is 2.41. The van der Waals surface area contributed by atoms with Gasteiger partial charge in [-0.2, -0.15) is 0 Å². The predicted octanol–water partition coefficient (Wildman–Crippen LogP) is 5.39. The van der Waals surface area contributed by atoms with Crippen molar-refractivity contribution >= 4 is 19.2 Å². The lowest BCUT2D eigenvalue weighted by molar-refractivity contribution is 0.184. The van der Waals surface area contributed by atoms with Crippen molar-refractivity contribution in [2.24, 2.45) is 0 Å². The summed E-state index contributed by atoms with van der Waals surface area (Å²) in [6, 6.07) is 17.4. The van der Waals surface area contributed by atoms with Gasteiger partial charge in [-0.1, -0.05) is 57.2 Å². The highest BCUT2D eigenvalue weighted by atomic mass is 28.4. The van der Waals surface area contributed by atoms with E-state index in [9.17, 15) is 4.79 Å². The Labute approximate surface area is 185 Å². The number of aromatic amines is 1. The lowest BCUT2D eigenvalue weighted by atomic mass is 10.0. The second-order valence-electron chi connectivity index (χ2n) is 9.46. The van der Waals surface area contributed by atoms with Gasteiger partial charge < -0.3 is 19.5 Å². The first-order chi connectivity index (χ1) is 14.6. The van der Waals surface area contributed by atoms with Crippen LogP contribution in [0.4, 0.5) is 0 Å². The number of pyridine rings is 1. The fourth-order valence-electron chi connectivity index (χ4n) is 3.32. The lowest BCUT2D eigenvalue weighted by Crippen LogP contribution is -2.43. The van der Waals surface area contributed by atoms with Gasteiger partial charge in [0.25, 0.3) is 0 Å². The van der Waals surface area contributed by atoms with E-state index in [1.54, 1.807) is 6.07 Å². The van der Waals surface area contributed by atoms with E-state index in [0.29, 0.717) is 24.4 Å². The minimum absolute atomic E-state index is 0.0991. The number of fused-ring (bicyclic) bond motifs is 1. The van der Waals surface area contributed by atoms with Crippen molar-refractivity contribution < 1.29 is 9.16 Å². The number of hydrogen-bond donors (Lipinski definition) is 2. The summed E-state index contributed by atoms with van der Waals surface area (Å²) < 4.78 is 12.9. The molecule has 166 valence electrons. The Morgan fingerprint density at radius 2 is 1.74 bits per heavy atom. The fourth-order valence-corrected chi connectivity index (χ4v) is 4.59. The molecule has 31 heavy (non-hydrogen) atoms. The van der Waals surface area contributed by atoms with Gasteiger partial charge >= 0.3 is 0 Å². The molecule has 5 nitrogen and oxygen atoms in total. The Morgan fingerprint density at radius 1 is 1.03 bits per heavy atom. The molecule has 1 heterocycles. The Bertz CT molecular complexity index is 1070. The Balaban J connectivity index is 2.01. The quantitative estimate of drug-likeness (QED) is 0.463. The summed E-state index contributed by atoms with van der Waals surface area (Å²) in [6.07, 6.45) is -0.123. The molecule has 1 atom stereocenters. The summed E-state index contributed by atoms with van der Waals surface area (Å²) in [5.41, 5.74) is 2.69. The van der Waals surface area contributed by atoms with Crippen molar-refractivity contribution in [3.63, 3.8) is 0 Å². The monoisotopic (exact) mass is 438 g/mol. The number of rotatable bonds is 8. The molecular weight excluding hydrogens is 404 g/mol. The summed E-state index contributed by atoms with van der Waals surface area (Å²) in [7, 11) is -0.0684. The highest BCUT2D eigenvalue weighted by Gasteiger charge is 2.39. The van der Waals surface area contributed by atoms with E-state index in [1.165, 1.54) is 0 Å². The maximum Gasteiger partial charge on any atom is 0.248 e. The first-order valence-electron chi connectivity index (χ1n) is 10.8. The van der Waals surface area contributed by atoms with Gasteiger partial charge in [-0.05, 0) is 48.4 Å². The number of aromatic nitrogens is 1. The molecule has 0 radical (unpaired) electrons. The zero-order valence-corrected chi connectivity index (χ0v) is 20.4. The van der Waals surface area contributed by atoms with Gasteiger partial charge in [0, 0.05) is 18.0 Å². The molecule has 2 N–H and O–H groups in total. The van der Waals surface area contributed by atoms with E-state index in [4.69, 9.17) is 9.16 Å². The summed E-state index contributed by atoms with van der Waals surface area (Å²) >= 11 is 0. The van der Waals surface area contributed by atoms with Crippen molar-refractivity contribution in [2.45, 2.75) is 51.6 Å². The Morgan fingerprint density at radius 3 is 2.39 bits per heavy atom. The molecule has 0 bridgehead atoms. The Hall–Kier alpha value is -2.41. The first-order valence-corrected chi connectivity index (χ1v) is 13.7. The van der Waals surface area contributed by atoms with E-state index in [-0.39, 0.29) is 16.7 Å². The standard InChI is InChI=1S/C25H34N2O3Si/c1-25(2,3)31(5,6)30-22(16-26-4)19-12-14-21(24-20(19)13-15-23(28)27-24)29-17-18-10-8-7-9-11-18/h7-15,22,26H,16-17H2,1-6H3,(H,27,28). The van der Waals surface area contributed by atoms with Crippen LogP contribution in [0.5, 0.6) is 5.75 Å². The van der Waals surface area contributed by atoms with Crippen LogP contribution in [0.15, 0.2) is 59.4 Å². The van der Waals surface area contributed by atoms with Crippen LogP contribution in [0.3, 0.4) is 0 Å². The molecule has 0 fully saturated rings. The largest absolute Gasteiger partial charge is 0.487 e. The van der Waals surface area contributed by atoms with Crippen LogP contribution >= 0.6 is 0 Å². The van der Waals surface area contributed by atoms with Gasteiger partial charge in [0.15, 0.2) is 8.32 Å². The minimum atomic E-state index is -2.00. The topological polar surface area (TPSA) is 63.4 Å². The molecule has 0 saturated heterocycles. The van der Waals surface area contributed by atoms with Gasteiger partial charge in [0.1, 0.15) is 12.4 Å². The van der Waals surface area contributed by atoms with Crippen molar-refractivity contribution in [2.75, 3.05) is 13.6 Å². The van der Waals surface area contributed by atoms with Crippen LogP contribution < -0.4 is 15.6 Å². The van der Waals surface area contributed by atoms with E-state index in [2.05, 4.69) is 50.2 Å². The zero-order chi connectivity index (χ0) is 22.6. The molecule has 0 aliphatic heterocycles. The average molecular weight is 439 g/mol. The number of nitrogens with one attached hydrogen (secondary N) is 2. The SMILES string of the molecule is CNCC(O[Si](C)(C)C(C)(C)C)c1ccc(OCc2ccccc2)c2[nH]c(=O)ccc12. The highest BCUT2D eigenvalue weighted by molar-refractivity contribution is 6.74. The van der Waals surface area contributed by atoms with Crippen LogP contribution in [0.2, 0.25) is 18.1 Å². The predicted molar refractivity (Wildman–Crippen MR) is 130 cm³/mol.